The van der Waals surface area contributed by atoms with Crippen molar-refractivity contribution < 1.29 is 32.5 Å². The van der Waals surface area contributed by atoms with Crippen LogP contribution in [0.1, 0.15) is 15.9 Å². The molecule has 0 unspecified atom stereocenters. The summed E-state index contributed by atoms with van der Waals surface area (Å²) >= 11 is 0. The SMILES string of the molecule is O=C(N[C@@H](COP(=O)(O)O)Cc1cccc(F)c1F)c1ccc2ccccc2c1. The first kappa shape index (κ1) is 21.1. The van der Waals surface area contributed by atoms with Gasteiger partial charge in [0.2, 0.25) is 0 Å². The molecule has 0 aliphatic rings. The van der Waals surface area contributed by atoms with Crippen LogP contribution in [0.2, 0.25) is 0 Å². The van der Waals surface area contributed by atoms with Gasteiger partial charge in [-0.05, 0) is 41.0 Å². The summed E-state index contributed by atoms with van der Waals surface area (Å²) in [6, 6.07) is 15.0. The molecule has 0 aliphatic heterocycles. The summed E-state index contributed by atoms with van der Waals surface area (Å²) in [7, 11) is -4.81. The summed E-state index contributed by atoms with van der Waals surface area (Å²) in [6.45, 7) is -0.584. The Morgan fingerprint density at radius 3 is 2.48 bits per heavy atom. The number of hydrogen-bond acceptors (Lipinski definition) is 3. The zero-order valence-electron chi connectivity index (χ0n) is 15.1. The molecule has 0 aromatic heterocycles. The van der Waals surface area contributed by atoms with Crippen molar-refractivity contribution in [1.29, 1.82) is 0 Å². The Labute approximate surface area is 165 Å². The van der Waals surface area contributed by atoms with Gasteiger partial charge in [0.15, 0.2) is 11.6 Å². The van der Waals surface area contributed by atoms with E-state index in [1.54, 1.807) is 18.2 Å². The molecule has 29 heavy (non-hydrogen) atoms. The third kappa shape index (κ3) is 5.68. The quantitative estimate of drug-likeness (QED) is 0.507. The lowest BCUT2D eigenvalue weighted by Crippen LogP contribution is -2.40. The Morgan fingerprint density at radius 1 is 1.03 bits per heavy atom. The van der Waals surface area contributed by atoms with Gasteiger partial charge in [0, 0.05) is 5.56 Å². The molecule has 1 amide bonds. The van der Waals surface area contributed by atoms with Crippen LogP contribution < -0.4 is 5.32 Å². The van der Waals surface area contributed by atoms with Crippen molar-refractivity contribution in [1.82, 2.24) is 5.32 Å². The highest BCUT2D eigenvalue weighted by Crippen LogP contribution is 2.36. The molecule has 0 fully saturated rings. The van der Waals surface area contributed by atoms with E-state index in [0.717, 1.165) is 16.8 Å². The average Bonchev–Trinajstić information content (AvgIpc) is 2.68. The first-order valence-corrected chi connectivity index (χ1v) is 10.2. The Bertz CT molecular complexity index is 1090. The smallest absolute Gasteiger partial charge is 0.347 e. The number of amides is 1. The maximum Gasteiger partial charge on any atom is 0.469 e. The van der Waals surface area contributed by atoms with E-state index in [9.17, 15) is 18.1 Å². The first-order chi connectivity index (χ1) is 13.7. The van der Waals surface area contributed by atoms with Crippen molar-refractivity contribution in [2.45, 2.75) is 12.5 Å². The van der Waals surface area contributed by atoms with E-state index in [4.69, 9.17) is 9.79 Å². The number of fused-ring (bicyclic) bond motifs is 1. The minimum absolute atomic E-state index is 0.0527. The molecule has 9 heteroatoms. The number of carbonyl (C=O) groups excluding carboxylic acids is 1. The third-order valence-electron chi connectivity index (χ3n) is 4.29. The van der Waals surface area contributed by atoms with Crippen molar-refractivity contribution in [3.8, 4) is 0 Å². The molecule has 0 heterocycles. The van der Waals surface area contributed by atoms with Crippen LogP contribution in [0.15, 0.2) is 60.7 Å². The van der Waals surface area contributed by atoms with Crippen molar-refractivity contribution in [2.24, 2.45) is 0 Å². The minimum atomic E-state index is -4.81. The molecule has 3 aromatic carbocycles. The fourth-order valence-corrected chi connectivity index (χ4v) is 3.28. The summed E-state index contributed by atoms with van der Waals surface area (Å²) in [5, 5.41) is 4.34. The topological polar surface area (TPSA) is 95.9 Å². The fourth-order valence-electron chi connectivity index (χ4n) is 2.91. The molecule has 0 bridgehead atoms. The van der Waals surface area contributed by atoms with E-state index in [2.05, 4.69) is 9.84 Å². The molecule has 6 nitrogen and oxygen atoms in total. The highest BCUT2D eigenvalue weighted by atomic mass is 31.2. The molecule has 0 saturated carbocycles. The van der Waals surface area contributed by atoms with Crippen LogP contribution in [0.25, 0.3) is 10.8 Å². The van der Waals surface area contributed by atoms with E-state index in [-0.39, 0.29) is 12.0 Å². The van der Waals surface area contributed by atoms with Gasteiger partial charge in [-0.1, -0.05) is 42.5 Å². The van der Waals surface area contributed by atoms with E-state index in [1.807, 2.05) is 24.3 Å². The van der Waals surface area contributed by atoms with E-state index >= 15 is 0 Å². The maximum absolute atomic E-state index is 14.0. The summed E-state index contributed by atoms with van der Waals surface area (Å²) in [6.07, 6.45) is -0.219. The highest BCUT2D eigenvalue weighted by Gasteiger charge is 2.22. The van der Waals surface area contributed by atoms with Crippen LogP contribution in [0.3, 0.4) is 0 Å². The van der Waals surface area contributed by atoms with Gasteiger partial charge in [0.1, 0.15) is 0 Å². The first-order valence-electron chi connectivity index (χ1n) is 8.65. The lowest BCUT2D eigenvalue weighted by molar-refractivity contribution is 0.0909. The molecular formula is C20H18F2NO5P. The number of benzene rings is 3. The summed E-state index contributed by atoms with van der Waals surface area (Å²) in [4.78, 5) is 30.5. The van der Waals surface area contributed by atoms with Crippen LogP contribution in [-0.4, -0.2) is 28.3 Å². The van der Waals surface area contributed by atoms with Gasteiger partial charge in [0.05, 0.1) is 12.6 Å². The summed E-state index contributed by atoms with van der Waals surface area (Å²) in [5.41, 5.74) is 0.257. The van der Waals surface area contributed by atoms with E-state index in [0.29, 0.717) is 5.56 Å². The Balaban J connectivity index is 1.81. The molecule has 0 spiro atoms. The zero-order valence-corrected chi connectivity index (χ0v) is 16.0. The molecule has 0 aliphatic carbocycles. The second-order valence-electron chi connectivity index (χ2n) is 6.44. The van der Waals surface area contributed by atoms with Gasteiger partial charge in [0.25, 0.3) is 5.91 Å². The molecule has 1 atom stereocenters. The number of carbonyl (C=O) groups is 1. The Kier molecular flexibility index (Phi) is 6.39. The minimum Gasteiger partial charge on any atom is -0.347 e. The van der Waals surface area contributed by atoms with Crippen LogP contribution in [0, 0.1) is 11.6 Å². The van der Waals surface area contributed by atoms with Crippen LogP contribution in [-0.2, 0) is 15.5 Å². The van der Waals surface area contributed by atoms with Crippen molar-refractivity contribution >= 4 is 24.5 Å². The largest absolute Gasteiger partial charge is 0.469 e. The summed E-state index contributed by atoms with van der Waals surface area (Å²) in [5.74, 6) is -2.68. The second kappa shape index (κ2) is 8.80. The third-order valence-corrected chi connectivity index (χ3v) is 4.77. The number of rotatable bonds is 7. The number of halogens is 2. The molecule has 3 aromatic rings. The van der Waals surface area contributed by atoms with E-state index in [1.165, 1.54) is 12.1 Å². The highest BCUT2D eigenvalue weighted by molar-refractivity contribution is 7.46. The molecule has 152 valence electrons. The predicted octanol–water partition coefficient (Wildman–Crippen LogP) is 3.57. The Hall–Kier alpha value is -2.64. The standard InChI is InChI=1S/C20H18F2NO5P/c21-18-7-3-6-15(19(18)22)11-17(12-28-29(25,26)27)23-20(24)16-9-8-13-4-1-2-5-14(13)10-16/h1-10,17H,11-12H2,(H,23,24)(H2,25,26,27)/t17-/m1/s1. The van der Waals surface area contributed by atoms with Crippen LogP contribution >= 0.6 is 7.82 Å². The molecule has 3 rings (SSSR count). The van der Waals surface area contributed by atoms with Gasteiger partial charge >= 0.3 is 7.82 Å². The lowest BCUT2D eigenvalue weighted by Gasteiger charge is -2.20. The van der Waals surface area contributed by atoms with Crippen molar-refractivity contribution in [2.75, 3.05) is 6.61 Å². The van der Waals surface area contributed by atoms with Crippen LogP contribution in [0.5, 0.6) is 0 Å². The van der Waals surface area contributed by atoms with E-state index < -0.39 is 38.0 Å². The second-order valence-corrected chi connectivity index (χ2v) is 7.68. The number of hydrogen-bond donors (Lipinski definition) is 3. The average molecular weight is 421 g/mol. The summed E-state index contributed by atoms with van der Waals surface area (Å²) < 4.78 is 43.0. The van der Waals surface area contributed by atoms with Crippen molar-refractivity contribution in [3.05, 3.63) is 83.4 Å². The van der Waals surface area contributed by atoms with Gasteiger partial charge in [-0.3, -0.25) is 9.32 Å². The monoisotopic (exact) mass is 421 g/mol. The Morgan fingerprint density at radius 2 is 1.76 bits per heavy atom. The number of nitrogens with one attached hydrogen (secondary N) is 1. The van der Waals surface area contributed by atoms with Gasteiger partial charge < -0.3 is 15.1 Å². The lowest BCUT2D eigenvalue weighted by atomic mass is 10.0. The normalized spacial score (nSPS) is 12.7. The van der Waals surface area contributed by atoms with Gasteiger partial charge in [-0.15, -0.1) is 0 Å². The van der Waals surface area contributed by atoms with Gasteiger partial charge in [-0.25, -0.2) is 13.3 Å². The van der Waals surface area contributed by atoms with Gasteiger partial charge in [-0.2, -0.15) is 0 Å². The predicted molar refractivity (Wildman–Crippen MR) is 103 cm³/mol. The molecular weight excluding hydrogens is 403 g/mol. The van der Waals surface area contributed by atoms with Crippen LogP contribution in [0.4, 0.5) is 8.78 Å². The molecule has 0 radical (unpaired) electrons. The number of phosphoric acid groups is 1. The maximum atomic E-state index is 14.0. The molecule has 3 N–H and O–H groups in total. The van der Waals surface area contributed by atoms with Crippen molar-refractivity contribution in [3.63, 3.8) is 0 Å². The zero-order chi connectivity index (χ0) is 21.0. The molecule has 0 saturated heterocycles. The fraction of sp³-hybridized carbons (Fsp3) is 0.150. The number of phosphoric ester groups is 1.